The van der Waals surface area contributed by atoms with Crippen LogP contribution in [0.3, 0.4) is 0 Å². The minimum atomic E-state index is -0.247. The third-order valence-corrected chi connectivity index (χ3v) is 9.71. The summed E-state index contributed by atoms with van der Waals surface area (Å²) in [7, 11) is 0. The molecule has 8 aromatic rings. The van der Waals surface area contributed by atoms with Crippen molar-refractivity contribution in [2.45, 2.75) is 11.8 Å². The van der Waals surface area contributed by atoms with Gasteiger partial charge in [-0.05, 0) is 58.7 Å². The Morgan fingerprint density at radius 2 is 0.854 bits per heavy atom. The standard InChI is InChI=1S/2C21H15NO2/c2*23-21-16-10-6-12-22-18-11-5-4-9-15(18)19(20(16)22)17(13-24-21)14-7-2-1-3-8-14/h2*1-12,17H,13H2/t2*17-/m10/s1. The lowest BCUT2D eigenvalue weighted by Crippen LogP contribution is -2.10. The van der Waals surface area contributed by atoms with Gasteiger partial charge in [0.25, 0.3) is 0 Å². The highest BCUT2D eigenvalue weighted by molar-refractivity contribution is 6.06. The lowest BCUT2D eigenvalue weighted by molar-refractivity contribution is 0.0492. The minimum Gasteiger partial charge on any atom is -0.461 e. The highest BCUT2D eigenvalue weighted by atomic mass is 16.5. The van der Waals surface area contributed by atoms with E-state index in [0.29, 0.717) is 24.3 Å². The van der Waals surface area contributed by atoms with Crippen molar-refractivity contribution in [3.63, 3.8) is 0 Å². The maximum Gasteiger partial charge on any atom is 0.340 e. The summed E-state index contributed by atoms with van der Waals surface area (Å²) in [6, 6.07) is 44.7. The predicted octanol–water partition coefficient (Wildman–Crippen LogP) is 8.79. The van der Waals surface area contributed by atoms with Gasteiger partial charge < -0.3 is 18.3 Å². The SMILES string of the molecule is O=C1OC[C@@H](c2ccccc2)c2c3ccccc3n3cccc1c23.O=C1OC[C@H](c2ccccc2)c2c3ccccc3n3cccc1c23. The molecule has 0 radical (unpaired) electrons. The zero-order valence-corrected chi connectivity index (χ0v) is 26.0. The van der Waals surface area contributed by atoms with E-state index in [-0.39, 0.29) is 23.8 Å². The van der Waals surface area contributed by atoms with Crippen LogP contribution in [-0.4, -0.2) is 34.0 Å². The first kappa shape index (κ1) is 28.1. The van der Waals surface area contributed by atoms with Crippen molar-refractivity contribution in [1.29, 1.82) is 0 Å². The third kappa shape index (κ3) is 4.33. The predicted molar refractivity (Wildman–Crippen MR) is 187 cm³/mol. The topological polar surface area (TPSA) is 61.4 Å². The molecule has 232 valence electrons. The Hall–Kier alpha value is -6.14. The van der Waals surface area contributed by atoms with Crippen molar-refractivity contribution in [1.82, 2.24) is 8.80 Å². The van der Waals surface area contributed by atoms with Gasteiger partial charge in [0.15, 0.2) is 0 Å². The number of rotatable bonds is 2. The molecule has 0 spiro atoms. The number of cyclic esters (lactones) is 2. The number of esters is 2. The Balaban J connectivity index is 0.000000131. The van der Waals surface area contributed by atoms with Gasteiger partial charge in [0, 0.05) is 35.0 Å². The Labute approximate surface area is 276 Å². The third-order valence-electron chi connectivity index (χ3n) is 9.71. The average molecular weight is 627 g/mol. The van der Waals surface area contributed by atoms with Gasteiger partial charge in [-0.2, -0.15) is 0 Å². The molecule has 4 aromatic carbocycles. The minimum absolute atomic E-state index is 0.0358. The molecule has 2 aliphatic heterocycles. The molecule has 4 aromatic heterocycles. The number of nitrogens with zero attached hydrogens (tertiary/aromatic N) is 2. The monoisotopic (exact) mass is 626 g/mol. The zero-order chi connectivity index (χ0) is 32.2. The molecule has 6 heteroatoms. The Morgan fingerprint density at radius 3 is 1.29 bits per heavy atom. The number of para-hydroxylation sites is 2. The van der Waals surface area contributed by atoms with Crippen LogP contribution in [0.25, 0.3) is 32.8 Å². The van der Waals surface area contributed by atoms with Crippen LogP contribution in [0.1, 0.15) is 54.8 Å². The van der Waals surface area contributed by atoms with Crippen molar-refractivity contribution in [3.05, 3.63) is 179 Å². The van der Waals surface area contributed by atoms with Crippen LogP contribution in [0, 0.1) is 0 Å². The lowest BCUT2D eigenvalue weighted by Gasteiger charge is -2.15. The number of aromatic nitrogens is 2. The van der Waals surface area contributed by atoms with Gasteiger partial charge in [0.05, 0.1) is 33.2 Å². The smallest absolute Gasteiger partial charge is 0.340 e. The molecule has 0 unspecified atom stereocenters. The lowest BCUT2D eigenvalue weighted by atomic mass is 9.90. The van der Waals surface area contributed by atoms with E-state index in [2.05, 4.69) is 57.3 Å². The Morgan fingerprint density at radius 1 is 0.458 bits per heavy atom. The molecular formula is C42H30N2O4. The van der Waals surface area contributed by atoms with Gasteiger partial charge >= 0.3 is 11.9 Å². The van der Waals surface area contributed by atoms with E-state index < -0.39 is 0 Å². The van der Waals surface area contributed by atoms with Gasteiger partial charge in [0.1, 0.15) is 13.2 Å². The van der Waals surface area contributed by atoms with Crippen LogP contribution in [-0.2, 0) is 9.47 Å². The largest absolute Gasteiger partial charge is 0.461 e. The average Bonchev–Trinajstić information content (AvgIpc) is 3.54. The molecule has 2 aliphatic rings. The number of carbonyl (C=O) groups excluding carboxylic acids is 2. The molecule has 0 amide bonds. The first-order chi connectivity index (χ1) is 23.7. The molecule has 0 saturated carbocycles. The highest BCUT2D eigenvalue weighted by Gasteiger charge is 2.31. The molecule has 48 heavy (non-hydrogen) atoms. The van der Waals surface area contributed by atoms with Crippen molar-refractivity contribution in [2.24, 2.45) is 0 Å². The molecule has 0 saturated heterocycles. The van der Waals surface area contributed by atoms with Crippen LogP contribution in [0.5, 0.6) is 0 Å². The van der Waals surface area contributed by atoms with Crippen molar-refractivity contribution in [2.75, 3.05) is 13.2 Å². The van der Waals surface area contributed by atoms with Crippen molar-refractivity contribution in [3.8, 4) is 0 Å². The maximum absolute atomic E-state index is 12.5. The van der Waals surface area contributed by atoms with Crippen LogP contribution in [0.4, 0.5) is 0 Å². The Bertz CT molecular complexity index is 2340. The van der Waals surface area contributed by atoms with E-state index >= 15 is 0 Å². The number of benzene rings is 4. The summed E-state index contributed by atoms with van der Waals surface area (Å²) in [6.07, 6.45) is 4.04. The van der Waals surface area contributed by atoms with Gasteiger partial charge in [-0.3, -0.25) is 0 Å². The first-order valence-electron chi connectivity index (χ1n) is 16.2. The second-order valence-electron chi connectivity index (χ2n) is 12.3. The van der Waals surface area contributed by atoms with Crippen LogP contribution < -0.4 is 0 Å². The fraction of sp³-hybridized carbons (Fsp3) is 0.0952. The molecule has 10 rings (SSSR count). The highest BCUT2D eigenvalue weighted by Crippen LogP contribution is 2.41. The summed E-state index contributed by atoms with van der Waals surface area (Å²) in [5, 5.41) is 2.36. The van der Waals surface area contributed by atoms with Gasteiger partial charge in [-0.25, -0.2) is 9.59 Å². The summed E-state index contributed by atoms with van der Waals surface area (Å²) in [5.74, 6) is -0.423. The summed E-state index contributed by atoms with van der Waals surface area (Å²) in [5.41, 5.74) is 10.2. The fourth-order valence-corrected chi connectivity index (χ4v) is 7.62. The van der Waals surface area contributed by atoms with Crippen LogP contribution >= 0.6 is 0 Å². The molecule has 6 nitrogen and oxygen atoms in total. The van der Waals surface area contributed by atoms with E-state index in [1.807, 2.05) is 97.3 Å². The summed E-state index contributed by atoms with van der Waals surface area (Å²) in [4.78, 5) is 25.0. The number of pyridine rings is 2. The number of carbonyl (C=O) groups is 2. The Kier molecular flexibility index (Phi) is 6.61. The molecular weight excluding hydrogens is 596 g/mol. The molecule has 0 aliphatic carbocycles. The van der Waals surface area contributed by atoms with E-state index in [1.54, 1.807) is 0 Å². The van der Waals surface area contributed by atoms with Crippen LogP contribution in [0.15, 0.2) is 146 Å². The second-order valence-corrected chi connectivity index (χ2v) is 12.3. The summed E-state index contributed by atoms with van der Waals surface area (Å²) >= 11 is 0. The quantitative estimate of drug-likeness (QED) is 0.180. The molecule has 0 fully saturated rings. The van der Waals surface area contributed by atoms with E-state index in [9.17, 15) is 9.59 Å². The van der Waals surface area contributed by atoms with Crippen molar-refractivity contribution >= 4 is 44.8 Å². The van der Waals surface area contributed by atoms with E-state index in [0.717, 1.165) is 22.1 Å². The number of fused-ring (bicyclic) bond motifs is 6. The summed E-state index contributed by atoms with van der Waals surface area (Å²) < 4.78 is 15.4. The second kappa shape index (κ2) is 11.3. The van der Waals surface area contributed by atoms with Crippen molar-refractivity contribution < 1.29 is 19.1 Å². The van der Waals surface area contributed by atoms with E-state index in [1.165, 1.54) is 33.0 Å². The number of ether oxygens (including phenoxy) is 2. The van der Waals surface area contributed by atoms with Gasteiger partial charge in [-0.15, -0.1) is 0 Å². The first-order valence-corrected chi connectivity index (χ1v) is 16.2. The molecule has 0 N–H and O–H groups in total. The molecule has 6 heterocycles. The van der Waals surface area contributed by atoms with E-state index in [4.69, 9.17) is 9.47 Å². The normalized spacial score (nSPS) is 17.0. The van der Waals surface area contributed by atoms with Gasteiger partial charge in [-0.1, -0.05) is 97.1 Å². The maximum atomic E-state index is 12.5. The molecule has 2 atom stereocenters. The number of hydrogen-bond acceptors (Lipinski definition) is 4. The van der Waals surface area contributed by atoms with Crippen LogP contribution in [0.2, 0.25) is 0 Å². The zero-order valence-electron chi connectivity index (χ0n) is 26.0. The van der Waals surface area contributed by atoms with Gasteiger partial charge in [0.2, 0.25) is 0 Å². The fourth-order valence-electron chi connectivity index (χ4n) is 7.62. The number of hydrogen-bond donors (Lipinski definition) is 0. The summed E-state index contributed by atoms with van der Waals surface area (Å²) in [6.45, 7) is 0.725. The molecule has 0 bridgehead atoms.